The summed E-state index contributed by atoms with van der Waals surface area (Å²) in [5.74, 6) is 1.17. The van der Waals surface area contributed by atoms with Crippen molar-refractivity contribution in [2.24, 2.45) is 10.9 Å². The molecule has 1 aromatic rings. The van der Waals surface area contributed by atoms with E-state index in [1.165, 1.54) is 12.1 Å². The molecule has 2 N–H and O–H groups in total. The number of ether oxygens (including phenoxy) is 1. The SMILES string of the molecule is CCNC(=NCC(C)CN1CCOCC1)NCCc1ccc(C(F)(F)F)cc1. The van der Waals surface area contributed by atoms with E-state index in [9.17, 15) is 13.2 Å². The van der Waals surface area contributed by atoms with Gasteiger partial charge in [-0.3, -0.25) is 9.89 Å². The fourth-order valence-electron chi connectivity index (χ4n) is 3.06. The molecule has 0 bridgehead atoms. The topological polar surface area (TPSA) is 48.9 Å². The van der Waals surface area contributed by atoms with Crippen LogP contribution in [0, 0.1) is 5.92 Å². The molecule has 1 heterocycles. The summed E-state index contributed by atoms with van der Waals surface area (Å²) in [6.07, 6.45) is -3.66. The van der Waals surface area contributed by atoms with Crippen molar-refractivity contribution in [1.29, 1.82) is 0 Å². The Balaban J connectivity index is 1.77. The van der Waals surface area contributed by atoms with Crippen molar-refractivity contribution in [2.45, 2.75) is 26.4 Å². The highest BCUT2D eigenvalue weighted by molar-refractivity contribution is 5.79. The number of morpholine rings is 1. The number of benzene rings is 1. The number of rotatable bonds is 8. The number of guanidine groups is 1. The molecule has 0 aromatic heterocycles. The number of halogens is 3. The first kappa shape index (κ1) is 22.5. The number of alkyl halides is 3. The molecule has 1 aromatic carbocycles. The van der Waals surface area contributed by atoms with Gasteiger partial charge < -0.3 is 15.4 Å². The predicted octanol–water partition coefficient (Wildman–Crippen LogP) is 2.77. The molecule has 5 nitrogen and oxygen atoms in total. The molecule has 1 fully saturated rings. The fraction of sp³-hybridized carbons (Fsp3) is 0.650. The average Bonchev–Trinajstić information content (AvgIpc) is 2.66. The fourth-order valence-corrected chi connectivity index (χ4v) is 3.06. The van der Waals surface area contributed by atoms with Crippen LogP contribution in [0.3, 0.4) is 0 Å². The van der Waals surface area contributed by atoms with E-state index in [0.29, 0.717) is 25.4 Å². The van der Waals surface area contributed by atoms with Gasteiger partial charge in [0.05, 0.1) is 18.8 Å². The lowest BCUT2D eigenvalue weighted by Gasteiger charge is -2.28. The molecule has 28 heavy (non-hydrogen) atoms. The molecule has 158 valence electrons. The van der Waals surface area contributed by atoms with Crippen molar-refractivity contribution >= 4 is 5.96 Å². The predicted molar refractivity (Wildman–Crippen MR) is 106 cm³/mol. The monoisotopic (exact) mass is 400 g/mol. The van der Waals surface area contributed by atoms with Gasteiger partial charge in [0.25, 0.3) is 0 Å². The van der Waals surface area contributed by atoms with Crippen molar-refractivity contribution in [1.82, 2.24) is 15.5 Å². The smallest absolute Gasteiger partial charge is 0.379 e. The molecule has 1 aliphatic rings. The van der Waals surface area contributed by atoms with Gasteiger partial charge in [0.1, 0.15) is 0 Å². The first-order chi connectivity index (χ1) is 13.4. The molecule has 0 saturated carbocycles. The van der Waals surface area contributed by atoms with E-state index in [2.05, 4.69) is 27.4 Å². The quantitative estimate of drug-likeness (QED) is 0.521. The molecule has 0 aliphatic carbocycles. The van der Waals surface area contributed by atoms with Crippen LogP contribution in [0.15, 0.2) is 29.3 Å². The minimum atomic E-state index is -4.29. The molecule has 0 radical (unpaired) electrons. The minimum absolute atomic E-state index is 0.434. The summed E-state index contributed by atoms with van der Waals surface area (Å²) in [5, 5.41) is 6.47. The molecule has 2 rings (SSSR count). The second kappa shape index (κ2) is 11.3. The lowest BCUT2D eigenvalue weighted by Crippen LogP contribution is -2.40. The van der Waals surface area contributed by atoms with Crippen LogP contribution >= 0.6 is 0 Å². The average molecular weight is 400 g/mol. The Kier molecular flexibility index (Phi) is 9.05. The van der Waals surface area contributed by atoms with E-state index in [1.54, 1.807) is 0 Å². The summed E-state index contributed by atoms with van der Waals surface area (Å²) in [6, 6.07) is 5.31. The maximum atomic E-state index is 12.6. The first-order valence-electron chi connectivity index (χ1n) is 9.87. The maximum Gasteiger partial charge on any atom is 0.416 e. The molecule has 0 spiro atoms. The third kappa shape index (κ3) is 8.06. The van der Waals surface area contributed by atoms with Crippen LogP contribution in [0.4, 0.5) is 13.2 Å². The Labute approximate surface area is 165 Å². The van der Waals surface area contributed by atoms with E-state index in [4.69, 9.17) is 4.74 Å². The Morgan fingerprint density at radius 2 is 1.86 bits per heavy atom. The zero-order valence-electron chi connectivity index (χ0n) is 16.7. The Hall–Kier alpha value is -1.80. The van der Waals surface area contributed by atoms with Gasteiger partial charge in [0.2, 0.25) is 0 Å². The van der Waals surface area contributed by atoms with Gasteiger partial charge in [-0.05, 0) is 37.0 Å². The molecule has 1 aliphatic heterocycles. The van der Waals surface area contributed by atoms with Crippen molar-refractivity contribution in [3.05, 3.63) is 35.4 Å². The number of nitrogens with zero attached hydrogens (tertiary/aromatic N) is 2. The Morgan fingerprint density at radius 1 is 1.18 bits per heavy atom. The van der Waals surface area contributed by atoms with Crippen LogP contribution in [-0.4, -0.2) is 63.3 Å². The van der Waals surface area contributed by atoms with E-state index in [-0.39, 0.29) is 0 Å². The van der Waals surface area contributed by atoms with Crippen LogP contribution < -0.4 is 10.6 Å². The number of nitrogens with one attached hydrogen (secondary N) is 2. The second-order valence-corrected chi connectivity index (χ2v) is 7.11. The normalized spacial score (nSPS) is 17.4. The van der Waals surface area contributed by atoms with E-state index in [1.807, 2.05) is 6.92 Å². The molecular weight excluding hydrogens is 369 g/mol. The lowest BCUT2D eigenvalue weighted by molar-refractivity contribution is -0.137. The van der Waals surface area contributed by atoms with Gasteiger partial charge in [-0.2, -0.15) is 13.2 Å². The standard InChI is InChI=1S/C20H31F3N4O/c1-3-24-19(26-14-16(2)15-27-10-12-28-13-11-27)25-9-8-17-4-6-18(7-5-17)20(21,22)23/h4-7,16H,3,8-15H2,1-2H3,(H2,24,25,26). The summed E-state index contributed by atoms with van der Waals surface area (Å²) in [6.45, 7) is 10.8. The van der Waals surface area contributed by atoms with Gasteiger partial charge in [0.15, 0.2) is 5.96 Å². The van der Waals surface area contributed by atoms with Crippen molar-refractivity contribution in [3.8, 4) is 0 Å². The van der Waals surface area contributed by atoms with E-state index in [0.717, 1.165) is 63.0 Å². The highest BCUT2D eigenvalue weighted by atomic mass is 19.4. The molecule has 1 unspecified atom stereocenters. The number of aliphatic imine (C=N–C) groups is 1. The number of hydrogen-bond donors (Lipinski definition) is 2. The maximum absolute atomic E-state index is 12.6. The molecule has 1 atom stereocenters. The van der Waals surface area contributed by atoms with Gasteiger partial charge in [-0.25, -0.2) is 0 Å². The summed E-state index contributed by atoms with van der Waals surface area (Å²) in [7, 11) is 0. The minimum Gasteiger partial charge on any atom is -0.379 e. The van der Waals surface area contributed by atoms with Crippen LogP contribution in [0.5, 0.6) is 0 Å². The summed E-state index contributed by atoms with van der Waals surface area (Å²) in [5.41, 5.74) is 0.241. The lowest BCUT2D eigenvalue weighted by atomic mass is 10.1. The van der Waals surface area contributed by atoms with Crippen molar-refractivity contribution < 1.29 is 17.9 Å². The molecular formula is C20H31F3N4O. The Morgan fingerprint density at radius 3 is 2.46 bits per heavy atom. The van der Waals surface area contributed by atoms with Crippen molar-refractivity contribution in [2.75, 3.05) is 52.5 Å². The highest BCUT2D eigenvalue weighted by Gasteiger charge is 2.29. The third-order valence-electron chi connectivity index (χ3n) is 4.57. The summed E-state index contributed by atoms with van der Waals surface area (Å²) in [4.78, 5) is 7.04. The van der Waals surface area contributed by atoms with Crippen LogP contribution in [0.1, 0.15) is 25.0 Å². The van der Waals surface area contributed by atoms with Crippen molar-refractivity contribution in [3.63, 3.8) is 0 Å². The zero-order valence-corrected chi connectivity index (χ0v) is 16.7. The van der Waals surface area contributed by atoms with Crippen LogP contribution in [0.2, 0.25) is 0 Å². The second-order valence-electron chi connectivity index (χ2n) is 7.11. The largest absolute Gasteiger partial charge is 0.416 e. The van der Waals surface area contributed by atoms with Gasteiger partial charge in [-0.1, -0.05) is 19.1 Å². The van der Waals surface area contributed by atoms with Crippen LogP contribution in [0.25, 0.3) is 0 Å². The zero-order chi connectivity index (χ0) is 20.4. The van der Waals surface area contributed by atoms with Crippen LogP contribution in [-0.2, 0) is 17.3 Å². The van der Waals surface area contributed by atoms with Gasteiger partial charge in [0, 0.05) is 39.3 Å². The Bertz CT molecular complexity index is 598. The van der Waals surface area contributed by atoms with Gasteiger partial charge >= 0.3 is 6.18 Å². The number of hydrogen-bond acceptors (Lipinski definition) is 3. The molecule has 8 heteroatoms. The molecule has 1 saturated heterocycles. The van der Waals surface area contributed by atoms with E-state index < -0.39 is 11.7 Å². The summed E-state index contributed by atoms with van der Waals surface area (Å²) >= 11 is 0. The molecule has 0 amide bonds. The first-order valence-corrected chi connectivity index (χ1v) is 9.87. The van der Waals surface area contributed by atoms with Gasteiger partial charge in [-0.15, -0.1) is 0 Å². The third-order valence-corrected chi connectivity index (χ3v) is 4.57. The van der Waals surface area contributed by atoms with E-state index >= 15 is 0 Å². The highest BCUT2D eigenvalue weighted by Crippen LogP contribution is 2.29. The summed E-state index contributed by atoms with van der Waals surface area (Å²) < 4.78 is 43.2.